The van der Waals surface area contributed by atoms with E-state index in [1.165, 1.54) is 0 Å². The lowest BCUT2D eigenvalue weighted by atomic mass is 9.78. The van der Waals surface area contributed by atoms with Crippen LogP contribution in [-0.4, -0.2) is 58.7 Å². The van der Waals surface area contributed by atoms with Crippen LogP contribution in [0.1, 0.15) is 108 Å². The van der Waals surface area contributed by atoms with Gasteiger partial charge < -0.3 is 25.0 Å². The minimum atomic E-state index is -0.819. The van der Waals surface area contributed by atoms with Crippen LogP contribution in [0.25, 0.3) is 0 Å². The van der Waals surface area contributed by atoms with Crippen molar-refractivity contribution in [1.82, 2.24) is 5.32 Å². The van der Waals surface area contributed by atoms with Crippen LogP contribution in [0.5, 0.6) is 5.75 Å². The summed E-state index contributed by atoms with van der Waals surface area (Å²) in [6.07, 6.45) is 11.9. The molecule has 3 N–H and O–H groups in total. The number of ether oxygens (including phenoxy) is 2. The standard InChI is InChI=1S/C38H53NO7S/c1-3-4-13-25(2)31(40)21-20-29-32(24-33-35(29)30-18-11-14-26(36(30)45-33)15-12-19-34(41)42)46-38(44)28-17-8-7-16-27(28)37(43)39-22-9-5-6-10-23-47/h11,14,18,20-21,25,27-29,31-33,35,40,47H,5-10,12-13,15-17,19,22-24H2,1-2H3,(H,39,43)(H,41,42)/b21-20+/t25-,27?,28?,29-,31+,32?,33-,35-/m0/s1. The van der Waals surface area contributed by atoms with Gasteiger partial charge in [-0.1, -0.05) is 63.0 Å². The number of unbranched alkanes of at least 4 members (excludes halogenated alkanes) is 3. The number of carbonyl (C=O) groups is 3. The summed E-state index contributed by atoms with van der Waals surface area (Å²) in [5, 5.41) is 23.1. The first-order chi connectivity index (χ1) is 22.7. The number of rotatable bonds is 17. The summed E-state index contributed by atoms with van der Waals surface area (Å²) in [6.45, 7) is 4.36. The van der Waals surface area contributed by atoms with Gasteiger partial charge in [-0.3, -0.25) is 14.4 Å². The zero-order valence-corrected chi connectivity index (χ0v) is 28.9. The Morgan fingerprint density at radius 1 is 1.13 bits per heavy atom. The highest BCUT2D eigenvalue weighted by Crippen LogP contribution is 2.53. The summed E-state index contributed by atoms with van der Waals surface area (Å²) in [7, 11) is 0. The number of hydrogen-bond acceptors (Lipinski definition) is 7. The van der Waals surface area contributed by atoms with Crippen molar-refractivity contribution in [3.63, 3.8) is 0 Å². The number of para-hydroxylation sites is 1. The maximum absolute atomic E-state index is 13.8. The Bertz CT molecular complexity index is 1300. The van der Waals surface area contributed by atoms with Crippen LogP contribution in [0.4, 0.5) is 0 Å². The van der Waals surface area contributed by atoms with E-state index < -0.39 is 30.0 Å². The number of nitrogens with one attached hydrogen (secondary N) is 1. The van der Waals surface area contributed by atoms with Crippen molar-refractivity contribution in [2.45, 2.75) is 122 Å². The highest BCUT2D eigenvalue weighted by Gasteiger charge is 2.52. The average Bonchev–Trinajstić information content (AvgIpc) is 3.59. The van der Waals surface area contributed by atoms with Gasteiger partial charge in [-0.05, 0) is 62.7 Å². The molecule has 0 saturated heterocycles. The predicted octanol–water partition coefficient (Wildman–Crippen LogP) is 6.25. The molecule has 1 aliphatic heterocycles. The summed E-state index contributed by atoms with van der Waals surface area (Å²) >= 11 is 4.26. The molecule has 8 atom stereocenters. The number of benzene rings is 1. The molecule has 4 rings (SSSR count). The van der Waals surface area contributed by atoms with E-state index in [1.807, 2.05) is 31.2 Å². The number of carboxylic acids is 1. The highest BCUT2D eigenvalue weighted by atomic mass is 32.1. The van der Waals surface area contributed by atoms with E-state index in [4.69, 9.17) is 14.6 Å². The van der Waals surface area contributed by atoms with E-state index in [0.717, 1.165) is 61.2 Å². The van der Waals surface area contributed by atoms with Crippen molar-refractivity contribution in [1.29, 1.82) is 0 Å². The topological polar surface area (TPSA) is 122 Å². The number of amides is 1. The number of fused-ring (bicyclic) bond motifs is 3. The zero-order valence-electron chi connectivity index (χ0n) is 28.0. The summed E-state index contributed by atoms with van der Waals surface area (Å²) < 4.78 is 12.8. The zero-order chi connectivity index (χ0) is 33.8. The van der Waals surface area contributed by atoms with Gasteiger partial charge in [-0.15, -0.1) is 11.8 Å². The van der Waals surface area contributed by atoms with Crippen molar-refractivity contribution < 1.29 is 34.1 Å². The molecule has 1 aromatic rings. The van der Waals surface area contributed by atoms with Crippen molar-refractivity contribution in [2.75, 3.05) is 12.3 Å². The number of thiol groups is 1. The van der Waals surface area contributed by atoms with Crippen LogP contribution in [0.3, 0.4) is 0 Å². The van der Waals surface area contributed by atoms with Crippen LogP contribution in [0.15, 0.2) is 30.4 Å². The van der Waals surface area contributed by atoms with Gasteiger partial charge in [0.2, 0.25) is 5.91 Å². The lowest BCUT2D eigenvalue weighted by Crippen LogP contribution is -2.41. The molecule has 2 aliphatic carbocycles. The molecule has 1 amide bonds. The van der Waals surface area contributed by atoms with E-state index in [9.17, 15) is 19.5 Å². The quantitative estimate of drug-likeness (QED) is 0.0510. The molecule has 1 heterocycles. The van der Waals surface area contributed by atoms with Crippen LogP contribution in [0, 0.1) is 35.5 Å². The summed E-state index contributed by atoms with van der Waals surface area (Å²) in [6, 6.07) is 6.01. The molecule has 3 aliphatic rings. The lowest BCUT2D eigenvalue weighted by Gasteiger charge is -2.31. The molecular formula is C38H53NO7S. The fourth-order valence-corrected chi connectivity index (χ4v) is 7.64. The molecule has 2 fully saturated rings. The van der Waals surface area contributed by atoms with E-state index in [0.29, 0.717) is 45.1 Å². The molecule has 9 heteroatoms. The summed E-state index contributed by atoms with van der Waals surface area (Å²) in [5.41, 5.74) is 2.01. The third-order valence-corrected chi connectivity index (χ3v) is 10.4. The normalized spacial score (nSPS) is 26.0. The number of carbonyl (C=O) groups excluding carboxylic acids is 2. The molecule has 8 nitrogen and oxygen atoms in total. The highest BCUT2D eigenvalue weighted by molar-refractivity contribution is 7.80. The largest absolute Gasteiger partial charge is 0.489 e. The fraction of sp³-hybridized carbons (Fsp3) is 0.658. The third kappa shape index (κ3) is 10.0. The number of hydrogen-bond donors (Lipinski definition) is 4. The minimum Gasteiger partial charge on any atom is -0.489 e. The lowest BCUT2D eigenvalue weighted by molar-refractivity contribution is -0.161. The number of aryl methyl sites for hydroxylation is 1. The molecule has 0 radical (unpaired) electrons. The minimum absolute atomic E-state index is 0.0550. The second-order valence-electron chi connectivity index (χ2n) is 13.5. The average molecular weight is 668 g/mol. The van der Waals surface area contributed by atoms with Gasteiger partial charge in [0.15, 0.2) is 0 Å². The molecule has 0 aromatic heterocycles. The van der Waals surface area contributed by atoms with Gasteiger partial charge >= 0.3 is 11.9 Å². The first-order valence-electron chi connectivity index (χ1n) is 17.6. The van der Waals surface area contributed by atoms with Crippen LogP contribution >= 0.6 is 12.6 Å². The van der Waals surface area contributed by atoms with Crippen LogP contribution < -0.4 is 10.1 Å². The van der Waals surface area contributed by atoms with E-state index >= 15 is 0 Å². The van der Waals surface area contributed by atoms with Gasteiger partial charge in [0.25, 0.3) is 0 Å². The molecule has 2 saturated carbocycles. The van der Waals surface area contributed by atoms with Crippen LogP contribution in [0.2, 0.25) is 0 Å². The summed E-state index contributed by atoms with van der Waals surface area (Å²) in [4.78, 5) is 38.2. The predicted molar refractivity (Wildman–Crippen MR) is 185 cm³/mol. The Hall–Kier alpha value is -2.96. The van der Waals surface area contributed by atoms with Crippen molar-refractivity contribution in [3.8, 4) is 17.6 Å². The van der Waals surface area contributed by atoms with Gasteiger partial charge in [0.1, 0.15) is 18.0 Å². The Labute approximate surface area is 285 Å². The molecule has 0 spiro atoms. The number of aliphatic hydroxyl groups is 1. The van der Waals surface area contributed by atoms with Gasteiger partial charge in [-0.25, -0.2) is 0 Å². The van der Waals surface area contributed by atoms with Crippen LogP contribution in [-0.2, 0) is 25.5 Å². The number of esters is 1. The Morgan fingerprint density at radius 2 is 1.89 bits per heavy atom. The monoisotopic (exact) mass is 667 g/mol. The molecule has 3 unspecified atom stereocenters. The number of aliphatic carboxylic acids is 1. The van der Waals surface area contributed by atoms with Crippen molar-refractivity contribution in [3.05, 3.63) is 41.5 Å². The third-order valence-electron chi connectivity index (χ3n) is 10.1. The van der Waals surface area contributed by atoms with Gasteiger partial charge in [0.05, 0.1) is 17.9 Å². The smallest absolute Gasteiger partial charge is 0.310 e. The Kier molecular flexibility index (Phi) is 14.5. The van der Waals surface area contributed by atoms with Gasteiger partial charge in [-0.2, -0.15) is 12.6 Å². The molecule has 1 aromatic carbocycles. The number of aliphatic hydroxyl groups excluding tert-OH is 1. The second kappa shape index (κ2) is 18.5. The molecule has 47 heavy (non-hydrogen) atoms. The molecule has 258 valence electrons. The Morgan fingerprint density at radius 3 is 2.64 bits per heavy atom. The van der Waals surface area contributed by atoms with Crippen molar-refractivity contribution in [2.24, 2.45) is 23.7 Å². The maximum Gasteiger partial charge on any atom is 0.310 e. The first kappa shape index (κ1) is 36.9. The Balaban J connectivity index is 1.50. The second-order valence-corrected chi connectivity index (χ2v) is 13.9. The number of carboxylic acid groups (broad SMARTS) is 1. The first-order valence-corrected chi connectivity index (χ1v) is 18.2. The van der Waals surface area contributed by atoms with E-state index in [1.54, 1.807) is 13.0 Å². The van der Waals surface area contributed by atoms with Crippen molar-refractivity contribution >= 4 is 30.5 Å². The van der Waals surface area contributed by atoms with Gasteiger partial charge in [0, 0.05) is 43.2 Å². The fourth-order valence-electron chi connectivity index (χ4n) is 7.41. The molecular weight excluding hydrogens is 614 g/mol. The maximum atomic E-state index is 13.8. The van der Waals surface area contributed by atoms with E-state index in [-0.39, 0.29) is 42.2 Å². The molecule has 0 bridgehead atoms. The van der Waals surface area contributed by atoms with E-state index in [2.05, 4.69) is 29.8 Å². The summed E-state index contributed by atoms with van der Waals surface area (Å²) in [5.74, 6) is 5.17. The SMILES string of the molecule is CC#CC[C@H](C)[C@H](O)/C=C/[C@H]1C(OC(=O)C2CCCCC2C(=O)NCCCCCCS)C[C@@H]2Oc3c(CCCC(=O)O)cccc3[C@@H]21.